The van der Waals surface area contributed by atoms with E-state index in [1.165, 1.54) is 7.11 Å². The summed E-state index contributed by atoms with van der Waals surface area (Å²) in [5, 5.41) is 2.88. The number of hydrogen-bond donors (Lipinski definition) is 1. The molecule has 2 aromatic carbocycles. The van der Waals surface area contributed by atoms with E-state index in [2.05, 4.69) is 5.32 Å². The summed E-state index contributed by atoms with van der Waals surface area (Å²) in [7, 11) is 3.10. The van der Waals surface area contributed by atoms with Gasteiger partial charge in [-0.25, -0.2) is 0 Å². The van der Waals surface area contributed by atoms with Crippen LogP contribution in [0.1, 0.15) is 17.5 Å². The lowest BCUT2D eigenvalue weighted by atomic mass is 10.1. The molecule has 2 amide bonds. The lowest BCUT2D eigenvalue weighted by Gasteiger charge is -2.21. The van der Waals surface area contributed by atoms with Gasteiger partial charge in [0.2, 0.25) is 11.8 Å². The smallest absolute Gasteiger partial charge is 0.229 e. The van der Waals surface area contributed by atoms with Crippen molar-refractivity contribution < 1.29 is 19.1 Å². The van der Waals surface area contributed by atoms with Crippen LogP contribution >= 0.6 is 0 Å². The monoisotopic (exact) mass is 368 g/mol. The van der Waals surface area contributed by atoms with Gasteiger partial charge in [-0.05, 0) is 37.1 Å². The van der Waals surface area contributed by atoms with Crippen LogP contribution in [0.15, 0.2) is 36.4 Å². The van der Waals surface area contributed by atoms with Crippen LogP contribution in [-0.2, 0) is 9.59 Å². The van der Waals surface area contributed by atoms with Crippen LogP contribution in [-0.4, -0.2) is 32.6 Å². The van der Waals surface area contributed by atoms with Crippen LogP contribution in [0.4, 0.5) is 11.4 Å². The Balaban J connectivity index is 1.77. The van der Waals surface area contributed by atoms with Crippen molar-refractivity contribution in [1.82, 2.24) is 0 Å². The van der Waals surface area contributed by atoms with Crippen LogP contribution in [0.2, 0.25) is 0 Å². The number of aryl methyl sites for hydroxylation is 2. The number of nitrogens with one attached hydrogen (secondary N) is 1. The van der Waals surface area contributed by atoms with E-state index in [1.54, 1.807) is 30.2 Å². The molecule has 27 heavy (non-hydrogen) atoms. The van der Waals surface area contributed by atoms with E-state index < -0.39 is 5.92 Å². The van der Waals surface area contributed by atoms with Gasteiger partial charge in [0.1, 0.15) is 11.5 Å². The van der Waals surface area contributed by atoms with E-state index in [0.29, 0.717) is 23.7 Å². The number of para-hydroxylation sites is 1. The fraction of sp³-hybridized carbons (Fsp3) is 0.333. The third-order valence-corrected chi connectivity index (χ3v) is 4.87. The Bertz CT molecular complexity index is 858. The summed E-state index contributed by atoms with van der Waals surface area (Å²) in [6.07, 6.45) is 0.193. The van der Waals surface area contributed by atoms with Gasteiger partial charge >= 0.3 is 0 Å². The molecule has 2 aromatic rings. The number of benzene rings is 2. The van der Waals surface area contributed by atoms with Crippen LogP contribution in [0.3, 0.4) is 0 Å². The SMILES string of the molecule is COc1ccc(NC(=O)C2CC(=O)N(c3c(C)cccc3C)C2)c(OC)c1. The molecule has 0 aliphatic carbocycles. The van der Waals surface area contributed by atoms with Crippen molar-refractivity contribution in [3.63, 3.8) is 0 Å². The Labute approximate surface area is 159 Å². The predicted molar refractivity (Wildman–Crippen MR) is 105 cm³/mol. The van der Waals surface area contributed by atoms with E-state index in [-0.39, 0.29) is 18.2 Å². The molecule has 1 N–H and O–H groups in total. The summed E-state index contributed by atoms with van der Waals surface area (Å²) in [6.45, 7) is 4.32. The molecule has 1 heterocycles. The maximum Gasteiger partial charge on any atom is 0.229 e. The predicted octanol–water partition coefficient (Wildman–Crippen LogP) is 3.31. The van der Waals surface area contributed by atoms with Crippen molar-refractivity contribution in [3.8, 4) is 11.5 Å². The number of anilines is 2. The van der Waals surface area contributed by atoms with Gasteiger partial charge in [0, 0.05) is 24.7 Å². The van der Waals surface area contributed by atoms with Crippen molar-refractivity contribution in [1.29, 1.82) is 0 Å². The normalized spacial score (nSPS) is 16.4. The highest BCUT2D eigenvalue weighted by Crippen LogP contribution is 2.33. The maximum atomic E-state index is 12.8. The average Bonchev–Trinajstić information content (AvgIpc) is 3.03. The van der Waals surface area contributed by atoms with Gasteiger partial charge < -0.3 is 19.7 Å². The van der Waals surface area contributed by atoms with Crippen LogP contribution in [0.5, 0.6) is 11.5 Å². The van der Waals surface area contributed by atoms with Crippen LogP contribution < -0.4 is 19.7 Å². The standard InChI is InChI=1S/C21H24N2O4/c1-13-6-5-7-14(2)20(13)23-12-15(10-19(23)24)21(25)22-17-9-8-16(26-3)11-18(17)27-4/h5-9,11,15H,10,12H2,1-4H3,(H,22,25). The number of amides is 2. The largest absolute Gasteiger partial charge is 0.497 e. The highest BCUT2D eigenvalue weighted by Gasteiger charge is 2.36. The van der Waals surface area contributed by atoms with Crippen molar-refractivity contribution in [2.45, 2.75) is 20.3 Å². The maximum absolute atomic E-state index is 12.8. The number of hydrogen-bond acceptors (Lipinski definition) is 4. The molecule has 142 valence electrons. The molecule has 0 aromatic heterocycles. The lowest BCUT2D eigenvalue weighted by molar-refractivity contribution is -0.122. The average molecular weight is 368 g/mol. The Kier molecular flexibility index (Phi) is 5.35. The van der Waals surface area contributed by atoms with Crippen molar-refractivity contribution in [2.24, 2.45) is 5.92 Å². The first-order valence-electron chi connectivity index (χ1n) is 8.84. The first kappa shape index (κ1) is 18.8. The fourth-order valence-electron chi connectivity index (χ4n) is 3.47. The Morgan fingerprint density at radius 3 is 2.44 bits per heavy atom. The molecule has 1 unspecified atom stereocenters. The molecule has 1 fully saturated rings. The number of carbonyl (C=O) groups excluding carboxylic acids is 2. The summed E-state index contributed by atoms with van der Waals surface area (Å²) in [5.74, 6) is 0.513. The molecule has 0 saturated carbocycles. The molecule has 1 atom stereocenters. The van der Waals surface area contributed by atoms with Gasteiger partial charge in [-0.15, -0.1) is 0 Å². The molecular formula is C21H24N2O4. The molecule has 6 nitrogen and oxygen atoms in total. The Hall–Kier alpha value is -3.02. The molecule has 0 bridgehead atoms. The highest BCUT2D eigenvalue weighted by molar-refractivity contribution is 6.04. The molecule has 0 radical (unpaired) electrons. The zero-order chi connectivity index (χ0) is 19.6. The lowest BCUT2D eigenvalue weighted by Crippen LogP contribution is -2.29. The van der Waals surface area contributed by atoms with Crippen molar-refractivity contribution in [3.05, 3.63) is 47.5 Å². The summed E-state index contributed by atoms with van der Waals surface area (Å²) >= 11 is 0. The highest BCUT2D eigenvalue weighted by atomic mass is 16.5. The number of ether oxygens (including phenoxy) is 2. The minimum absolute atomic E-state index is 0.0331. The van der Waals surface area contributed by atoms with E-state index in [9.17, 15) is 9.59 Å². The number of carbonyl (C=O) groups is 2. The summed E-state index contributed by atoms with van der Waals surface area (Å²) < 4.78 is 10.5. The fourth-order valence-corrected chi connectivity index (χ4v) is 3.47. The molecular weight excluding hydrogens is 344 g/mol. The summed E-state index contributed by atoms with van der Waals surface area (Å²) in [5.41, 5.74) is 3.52. The summed E-state index contributed by atoms with van der Waals surface area (Å²) in [4.78, 5) is 27.0. The second kappa shape index (κ2) is 7.70. The van der Waals surface area contributed by atoms with Crippen molar-refractivity contribution in [2.75, 3.05) is 31.0 Å². The van der Waals surface area contributed by atoms with Crippen LogP contribution in [0.25, 0.3) is 0 Å². The third kappa shape index (κ3) is 3.74. The van der Waals surface area contributed by atoms with E-state index in [4.69, 9.17) is 9.47 Å². The van der Waals surface area contributed by atoms with Gasteiger partial charge in [-0.1, -0.05) is 18.2 Å². The van der Waals surface area contributed by atoms with Gasteiger partial charge in [-0.3, -0.25) is 9.59 Å². The van der Waals surface area contributed by atoms with E-state index in [0.717, 1.165) is 16.8 Å². The minimum atomic E-state index is -0.414. The van der Waals surface area contributed by atoms with E-state index in [1.807, 2.05) is 32.0 Å². The van der Waals surface area contributed by atoms with Gasteiger partial charge in [0.05, 0.1) is 25.8 Å². The van der Waals surface area contributed by atoms with Gasteiger partial charge in [-0.2, -0.15) is 0 Å². The van der Waals surface area contributed by atoms with Crippen molar-refractivity contribution >= 4 is 23.2 Å². The minimum Gasteiger partial charge on any atom is -0.497 e. The number of rotatable bonds is 5. The number of methoxy groups -OCH3 is 2. The Morgan fingerprint density at radius 2 is 1.81 bits per heavy atom. The third-order valence-electron chi connectivity index (χ3n) is 4.87. The molecule has 6 heteroatoms. The summed E-state index contributed by atoms with van der Waals surface area (Å²) in [6, 6.07) is 11.1. The quantitative estimate of drug-likeness (QED) is 0.879. The number of nitrogens with zero attached hydrogens (tertiary/aromatic N) is 1. The van der Waals surface area contributed by atoms with Crippen LogP contribution in [0, 0.1) is 19.8 Å². The second-order valence-electron chi connectivity index (χ2n) is 6.70. The first-order chi connectivity index (χ1) is 12.9. The topological polar surface area (TPSA) is 67.9 Å². The molecule has 1 saturated heterocycles. The Morgan fingerprint density at radius 1 is 1.11 bits per heavy atom. The van der Waals surface area contributed by atoms with Gasteiger partial charge in [0.25, 0.3) is 0 Å². The molecule has 3 rings (SSSR count). The molecule has 0 spiro atoms. The molecule has 1 aliphatic rings. The zero-order valence-electron chi connectivity index (χ0n) is 16.0. The molecule has 1 aliphatic heterocycles. The van der Waals surface area contributed by atoms with Gasteiger partial charge in [0.15, 0.2) is 0 Å². The first-order valence-corrected chi connectivity index (χ1v) is 8.84. The van der Waals surface area contributed by atoms with E-state index >= 15 is 0 Å². The zero-order valence-corrected chi connectivity index (χ0v) is 16.0. The second-order valence-corrected chi connectivity index (χ2v) is 6.70.